The number of carbonyl (C=O) groups is 1. The highest BCUT2D eigenvalue weighted by Gasteiger charge is 2.15. The number of nitrogens with zero attached hydrogens (tertiary/aromatic N) is 1. The van der Waals surface area contributed by atoms with Crippen LogP contribution >= 0.6 is 31.9 Å². The highest BCUT2D eigenvalue weighted by atomic mass is 79.9. The number of hydrogen-bond acceptors (Lipinski definition) is 4. The van der Waals surface area contributed by atoms with Crippen LogP contribution in [0.2, 0.25) is 0 Å². The fourth-order valence-electron chi connectivity index (χ4n) is 1.83. The molecule has 0 aromatic heterocycles. The average Bonchev–Trinajstić information content (AvgIpc) is 2.53. The number of aryl methyl sites for hydroxylation is 1. The Hall–Kier alpha value is -1.86. The number of amides is 1. The van der Waals surface area contributed by atoms with Gasteiger partial charge in [0.1, 0.15) is 11.5 Å². The Labute approximate surface area is 157 Å². The third kappa shape index (κ3) is 5.07. The number of phenolic OH excluding ortho intramolecular Hbond substituents is 1. The molecule has 1 amide bonds. The maximum atomic E-state index is 12.0. The zero-order valence-electron chi connectivity index (χ0n) is 13.1. The van der Waals surface area contributed by atoms with E-state index in [0.717, 1.165) is 14.5 Å². The normalized spacial score (nSPS) is 12.2. The molecule has 0 heterocycles. The van der Waals surface area contributed by atoms with Gasteiger partial charge in [0.15, 0.2) is 6.10 Å². The lowest BCUT2D eigenvalue weighted by molar-refractivity contribution is -0.127. The van der Waals surface area contributed by atoms with Crippen molar-refractivity contribution < 1.29 is 14.6 Å². The summed E-state index contributed by atoms with van der Waals surface area (Å²) in [6.07, 6.45) is 0.643. The molecule has 0 unspecified atom stereocenters. The van der Waals surface area contributed by atoms with Crippen LogP contribution in [0.25, 0.3) is 0 Å². The Balaban J connectivity index is 1.96. The second kappa shape index (κ2) is 8.30. The van der Waals surface area contributed by atoms with Gasteiger partial charge in [-0.2, -0.15) is 5.10 Å². The first-order valence-corrected chi connectivity index (χ1v) is 8.69. The number of phenols is 1. The van der Waals surface area contributed by atoms with E-state index in [9.17, 15) is 9.90 Å². The van der Waals surface area contributed by atoms with Crippen molar-refractivity contribution in [2.24, 2.45) is 5.10 Å². The summed E-state index contributed by atoms with van der Waals surface area (Å²) in [4.78, 5) is 12.0. The first-order chi connectivity index (χ1) is 11.4. The molecule has 0 aliphatic carbocycles. The fraction of sp³-hybridized carbons (Fsp3) is 0.176. The summed E-state index contributed by atoms with van der Waals surface area (Å²) < 4.78 is 7.20. The second-order valence-electron chi connectivity index (χ2n) is 5.13. The lowest BCUT2D eigenvalue weighted by atomic mass is 10.2. The van der Waals surface area contributed by atoms with Gasteiger partial charge in [0.05, 0.1) is 10.7 Å². The number of hydrazone groups is 1. The van der Waals surface area contributed by atoms with Crippen molar-refractivity contribution in [2.75, 3.05) is 0 Å². The fourth-order valence-corrected chi connectivity index (χ4v) is 2.80. The first kappa shape index (κ1) is 18.5. The van der Waals surface area contributed by atoms with Crippen LogP contribution in [0.3, 0.4) is 0 Å². The van der Waals surface area contributed by atoms with Gasteiger partial charge in [-0.1, -0.05) is 22.0 Å². The molecule has 7 heteroatoms. The van der Waals surface area contributed by atoms with Gasteiger partial charge in [-0.05, 0) is 65.7 Å². The Bertz CT molecular complexity index is 778. The van der Waals surface area contributed by atoms with Gasteiger partial charge in [-0.25, -0.2) is 5.43 Å². The Morgan fingerprint density at radius 1 is 1.29 bits per heavy atom. The summed E-state index contributed by atoms with van der Waals surface area (Å²) in [5.74, 6) is 0.258. The third-order valence-electron chi connectivity index (χ3n) is 3.13. The molecule has 0 aliphatic rings. The summed E-state index contributed by atoms with van der Waals surface area (Å²) in [6.45, 7) is 3.60. The molecule has 1 atom stereocenters. The van der Waals surface area contributed by atoms with Crippen LogP contribution in [-0.2, 0) is 4.79 Å². The minimum atomic E-state index is -0.725. The van der Waals surface area contributed by atoms with E-state index in [1.165, 1.54) is 12.3 Å². The van der Waals surface area contributed by atoms with E-state index >= 15 is 0 Å². The minimum absolute atomic E-state index is 0.0732. The molecule has 5 nitrogen and oxygen atoms in total. The summed E-state index contributed by atoms with van der Waals surface area (Å²) >= 11 is 6.71. The van der Waals surface area contributed by atoms with Gasteiger partial charge < -0.3 is 9.84 Å². The predicted molar refractivity (Wildman–Crippen MR) is 101 cm³/mol. The zero-order chi connectivity index (χ0) is 17.7. The van der Waals surface area contributed by atoms with Gasteiger partial charge in [0, 0.05) is 10.0 Å². The molecule has 2 rings (SSSR count). The summed E-state index contributed by atoms with van der Waals surface area (Å²) in [5.41, 5.74) is 3.97. The molecular formula is C17H16Br2N2O3. The van der Waals surface area contributed by atoms with E-state index in [0.29, 0.717) is 11.3 Å². The molecule has 2 aromatic carbocycles. The number of halogens is 2. The van der Waals surface area contributed by atoms with E-state index in [1.54, 1.807) is 25.1 Å². The number of rotatable bonds is 5. The number of hydrogen-bond donors (Lipinski definition) is 2. The van der Waals surface area contributed by atoms with Crippen LogP contribution in [-0.4, -0.2) is 23.3 Å². The monoisotopic (exact) mass is 454 g/mol. The number of carbonyl (C=O) groups excluding carboxylic acids is 1. The quantitative estimate of drug-likeness (QED) is 0.525. The van der Waals surface area contributed by atoms with Crippen LogP contribution in [0.1, 0.15) is 18.1 Å². The molecule has 0 saturated carbocycles. The first-order valence-electron chi connectivity index (χ1n) is 7.11. The van der Waals surface area contributed by atoms with Gasteiger partial charge in [0.25, 0.3) is 5.91 Å². The van der Waals surface area contributed by atoms with E-state index in [4.69, 9.17) is 4.74 Å². The Kier molecular flexibility index (Phi) is 6.39. The molecule has 0 aliphatic heterocycles. The van der Waals surface area contributed by atoms with Crippen LogP contribution in [0.5, 0.6) is 11.5 Å². The van der Waals surface area contributed by atoms with Gasteiger partial charge in [-0.3, -0.25) is 4.79 Å². The standard InChI is InChI=1S/C17H16Br2N2O3/c1-10-3-6-16(14(19)7-10)24-11(2)17(23)21-20-9-12-8-13(18)4-5-15(12)22/h3-9,11,22H,1-2H3,(H,21,23)/b20-9-/t11-/m0/s1. The Morgan fingerprint density at radius 3 is 2.75 bits per heavy atom. The van der Waals surface area contributed by atoms with Crippen molar-refractivity contribution in [3.8, 4) is 11.5 Å². The summed E-state index contributed by atoms with van der Waals surface area (Å²) in [7, 11) is 0. The van der Waals surface area contributed by atoms with Gasteiger partial charge in [-0.15, -0.1) is 0 Å². The molecular weight excluding hydrogens is 440 g/mol. The maximum absolute atomic E-state index is 12.0. The van der Waals surface area contributed by atoms with E-state index < -0.39 is 12.0 Å². The maximum Gasteiger partial charge on any atom is 0.280 e. The molecule has 126 valence electrons. The van der Waals surface area contributed by atoms with Crippen molar-refractivity contribution >= 4 is 44.0 Å². The van der Waals surface area contributed by atoms with Crippen molar-refractivity contribution in [2.45, 2.75) is 20.0 Å². The summed E-state index contributed by atoms with van der Waals surface area (Å²) in [5, 5.41) is 13.5. The predicted octanol–water partition coefficient (Wildman–Crippen LogP) is 4.14. The van der Waals surface area contributed by atoms with E-state index in [1.807, 2.05) is 19.1 Å². The van der Waals surface area contributed by atoms with Crippen molar-refractivity contribution in [1.82, 2.24) is 5.43 Å². The molecule has 24 heavy (non-hydrogen) atoms. The topological polar surface area (TPSA) is 70.9 Å². The van der Waals surface area contributed by atoms with Crippen LogP contribution in [0, 0.1) is 6.92 Å². The SMILES string of the molecule is Cc1ccc(O[C@@H](C)C(=O)N/N=C\c2cc(Br)ccc2O)c(Br)c1. The number of ether oxygens (including phenoxy) is 1. The molecule has 0 bridgehead atoms. The lowest BCUT2D eigenvalue weighted by Gasteiger charge is -2.14. The smallest absolute Gasteiger partial charge is 0.280 e. The van der Waals surface area contributed by atoms with Crippen molar-refractivity contribution in [3.63, 3.8) is 0 Å². The van der Waals surface area contributed by atoms with Crippen molar-refractivity contribution in [1.29, 1.82) is 0 Å². The van der Waals surface area contributed by atoms with Crippen LogP contribution in [0.15, 0.2) is 50.4 Å². The van der Waals surface area contributed by atoms with Gasteiger partial charge >= 0.3 is 0 Å². The van der Waals surface area contributed by atoms with Crippen molar-refractivity contribution in [3.05, 3.63) is 56.5 Å². The summed E-state index contributed by atoms with van der Waals surface area (Å²) in [6, 6.07) is 10.5. The van der Waals surface area contributed by atoms with Crippen LogP contribution < -0.4 is 10.2 Å². The molecule has 2 aromatic rings. The van der Waals surface area contributed by atoms with E-state index in [2.05, 4.69) is 42.4 Å². The molecule has 0 radical (unpaired) electrons. The zero-order valence-corrected chi connectivity index (χ0v) is 16.3. The molecule has 2 N–H and O–H groups in total. The second-order valence-corrected chi connectivity index (χ2v) is 6.90. The number of benzene rings is 2. The lowest BCUT2D eigenvalue weighted by Crippen LogP contribution is -2.33. The van der Waals surface area contributed by atoms with Gasteiger partial charge in [0.2, 0.25) is 0 Å². The van der Waals surface area contributed by atoms with Crippen LogP contribution in [0.4, 0.5) is 0 Å². The third-order valence-corrected chi connectivity index (χ3v) is 4.24. The average molecular weight is 456 g/mol. The molecule has 0 saturated heterocycles. The number of nitrogens with one attached hydrogen (secondary N) is 1. The Morgan fingerprint density at radius 2 is 2.04 bits per heavy atom. The largest absolute Gasteiger partial charge is 0.507 e. The highest BCUT2D eigenvalue weighted by Crippen LogP contribution is 2.26. The number of aromatic hydroxyl groups is 1. The minimum Gasteiger partial charge on any atom is -0.507 e. The van der Waals surface area contributed by atoms with E-state index in [-0.39, 0.29) is 5.75 Å². The highest BCUT2D eigenvalue weighted by molar-refractivity contribution is 9.10. The molecule has 0 fully saturated rings. The molecule has 0 spiro atoms.